The largest absolute Gasteiger partial charge is 0.630 e. The molecule has 0 aliphatic rings. The molecule has 50 valence electrons. The molecule has 0 aromatic carbocycles. The topological polar surface area (TPSA) is 55.7 Å². The molecule has 0 heterocycles. The molecule has 4 heteroatoms. The molecule has 0 aliphatic heterocycles. The summed E-state index contributed by atoms with van der Waals surface area (Å²) >= 11 is 0. The van der Waals surface area contributed by atoms with Crippen LogP contribution in [0.1, 0.15) is 6.92 Å². The second kappa shape index (κ2) is 3.80. The molecule has 0 radical (unpaired) electrons. The molecule has 4 nitrogen and oxygen atoms in total. The summed E-state index contributed by atoms with van der Waals surface area (Å²) in [6.07, 6.45) is 0. The van der Waals surface area contributed by atoms with Gasteiger partial charge in [0.2, 0.25) is 0 Å². The Bertz CT molecular complexity index is 57.2. The summed E-state index contributed by atoms with van der Waals surface area (Å²) in [4.78, 5) is 0. The second-order valence-corrected chi connectivity index (χ2v) is 1.85. The predicted molar refractivity (Wildman–Crippen MR) is 30.9 cm³/mol. The van der Waals surface area contributed by atoms with E-state index in [1.54, 1.807) is 7.05 Å². The molecule has 0 spiro atoms. The lowest BCUT2D eigenvalue weighted by molar-refractivity contribution is -1.03. The Morgan fingerprint density at radius 1 is 1.62 bits per heavy atom. The van der Waals surface area contributed by atoms with Crippen molar-refractivity contribution in [2.24, 2.45) is 0 Å². The van der Waals surface area contributed by atoms with Gasteiger partial charge in [0.05, 0.1) is 13.6 Å². The van der Waals surface area contributed by atoms with Crippen LogP contribution >= 0.6 is 0 Å². The van der Waals surface area contributed by atoms with Gasteiger partial charge in [-0.15, -0.1) is 0 Å². The van der Waals surface area contributed by atoms with Crippen LogP contribution < -0.4 is 10.1 Å². The van der Waals surface area contributed by atoms with Crippen molar-refractivity contribution in [1.29, 1.82) is 0 Å². The molecule has 0 aromatic rings. The van der Waals surface area contributed by atoms with Gasteiger partial charge in [-0.1, -0.05) is 0 Å². The predicted octanol–water partition coefficient (Wildman–Crippen LogP) is -2.17. The monoisotopic (exact) mass is 119 g/mol. The zero-order valence-corrected chi connectivity index (χ0v) is 5.32. The van der Waals surface area contributed by atoms with Crippen LogP contribution in [0.4, 0.5) is 0 Å². The van der Waals surface area contributed by atoms with Crippen molar-refractivity contribution in [3.05, 3.63) is 11.0 Å². The van der Waals surface area contributed by atoms with Gasteiger partial charge in [-0.25, -0.2) is 0 Å². The van der Waals surface area contributed by atoms with Gasteiger partial charge in [-0.3, -0.25) is 0 Å². The fourth-order valence-electron chi connectivity index (χ4n) is 0.421. The lowest BCUT2D eigenvalue weighted by Gasteiger charge is -2.24. The van der Waals surface area contributed by atoms with Crippen LogP contribution in [0, 0.1) is 5.21 Å². The van der Waals surface area contributed by atoms with Crippen molar-refractivity contribution in [3.63, 3.8) is 0 Å². The maximum absolute atomic E-state index is 10.5. The third-order valence-electron chi connectivity index (χ3n) is 0.857. The maximum Gasteiger partial charge on any atom is 0.194 e. The Morgan fingerprint density at radius 2 is 2.12 bits per heavy atom. The van der Waals surface area contributed by atoms with Crippen LogP contribution in [0.15, 0.2) is 0 Å². The van der Waals surface area contributed by atoms with Gasteiger partial charge >= 0.3 is 0 Å². The van der Waals surface area contributed by atoms with E-state index in [4.69, 9.17) is 5.84 Å². The van der Waals surface area contributed by atoms with Crippen LogP contribution in [0.2, 0.25) is 0 Å². The average Bonchev–Trinajstić information content (AvgIpc) is 1.65. The van der Waals surface area contributed by atoms with Gasteiger partial charge in [0, 0.05) is 0 Å². The third-order valence-corrected chi connectivity index (χ3v) is 0.857. The van der Waals surface area contributed by atoms with E-state index in [2.05, 4.69) is 0 Å². The molecule has 2 atom stereocenters. The molecule has 0 aromatic heterocycles. The quantitative estimate of drug-likeness (QED) is 0.322. The summed E-state index contributed by atoms with van der Waals surface area (Å²) in [5, 5.41) is 11.1. The van der Waals surface area contributed by atoms with Crippen LogP contribution in [-0.4, -0.2) is 20.3 Å². The standard InChI is InChI=1S/C4H13N3O/c1-3-7(8)4-6(2)5/h5-7H,3-4H2,1-2H3. The Labute approximate surface area is 49.4 Å². The molecule has 0 fully saturated rings. The molecule has 0 aliphatic carbocycles. The summed E-state index contributed by atoms with van der Waals surface area (Å²) in [5.74, 6) is 6.91. The van der Waals surface area contributed by atoms with E-state index in [0.29, 0.717) is 18.2 Å². The lowest BCUT2D eigenvalue weighted by Crippen LogP contribution is -3.25. The maximum atomic E-state index is 10.5. The summed E-state index contributed by atoms with van der Waals surface area (Å²) in [7, 11) is 1.65. The van der Waals surface area contributed by atoms with Crippen molar-refractivity contribution in [2.45, 2.75) is 6.92 Å². The van der Waals surface area contributed by atoms with E-state index in [0.717, 1.165) is 0 Å². The zero-order chi connectivity index (χ0) is 6.57. The van der Waals surface area contributed by atoms with Crippen molar-refractivity contribution in [1.82, 2.24) is 0 Å². The Hall–Kier alpha value is -0.160. The minimum absolute atomic E-state index is 0.150. The van der Waals surface area contributed by atoms with Crippen LogP contribution in [-0.2, 0) is 0 Å². The first-order valence-corrected chi connectivity index (χ1v) is 2.72. The highest BCUT2D eigenvalue weighted by atomic mass is 16.5. The SMILES string of the molecule is CC[NH+]([O-])C[NH+](C)[NH-]. The summed E-state index contributed by atoms with van der Waals surface area (Å²) in [5.41, 5.74) is 0. The molecule has 0 saturated heterocycles. The highest BCUT2D eigenvalue weighted by Gasteiger charge is 1.91. The van der Waals surface area contributed by atoms with Gasteiger partial charge in [0.15, 0.2) is 6.67 Å². The lowest BCUT2D eigenvalue weighted by atomic mass is 10.7. The highest BCUT2D eigenvalue weighted by molar-refractivity contribution is 4.08. The Kier molecular flexibility index (Phi) is 3.72. The van der Waals surface area contributed by atoms with E-state index in [1.165, 1.54) is 0 Å². The van der Waals surface area contributed by atoms with E-state index >= 15 is 0 Å². The number of hydrogen-bond donors (Lipinski definition) is 2. The molecule has 0 amide bonds. The second-order valence-electron chi connectivity index (χ2n) is 1.85. The number of nitrogens with one attached hydrogen (secondary N) is 3. The molecule has 0 bridgehead atoms. The van der Waals surface area contributed by atoms with Gasteiger partial charge in [-0.05, 0) is 6.92 Å². The number of hydroxylamine groups is 2. The number of rotatable bonds is 3. The fraction of sp³-hybridized carbons (Fsp3) is 1.00. The molecular weight excluding hydrogens is 106 g/mol. The number of quaternary nitrogens is 2. The van der Waals surface area contributed by atoms with Gasteiger partial charge in [0.1, 0.15) is 0 Å². The van der Waals surface area contributed by atoms with Gasteiger partial charge in [0.25, 0.3) is 0 Å². The first kappa shape index (κ1) is 7.84. The molecule has 0 saturated carbocycles. The Balaban J connectivity index is 3.10. The first-order chi connectivity index (χ1) is 3.66. The van der Waals surface area contributed by atoms with E-state index < -0.39 is 0 Å². The number of hydrogen-bond acceptors (Lipinski definition) is 1. The third kappa shape index (κ3) is 4.01. The minimum Gasteiger partial charge on any atom is -0.630 e. The smallest absolute Gasteiger partial charge is 0.194 e. The van der Waals surface area contributed by atoms with Crippen molar-refractivity contribution < 1.29 is 10.1 Å². The summed E-state index contributed by atoms with van der Waals surface area (Å²) in [6.45, 7) is 2.69. The van der Waals surface area contributed by atoms with E-state index in [-0.39, 0.29) is 5.06 Å². The minimum atomic E-state index is 0.150. The van der Waals surface area contributed by atoms with Crippen molar-refractivity contribution in [3.8, 4) is 0 Å². The zero-order valence-electron chi connectivity index (χ0n) is 5.32. The molecule has 2 unspecified atom stereocenters. The van der Waals surface area contributed by atoms with Crippen LogP contribution in [0.25, 0.3) is 5.84 Å². The molecular formula is C4H13N3O. The molecule has 3 N–H and O–H groups in total. The van der Waals surface area contributed by atoms with Gasteiger partial charge < -0.3 is 21.1 Å². The van der Waals surface area contributed by atoms with Crippen LogP contribution in [0.5, 0.6) is 0 Å². The Morgan fingerprint density at radius 3 is 2.25 bits per heavy atom. The van der Waals surface area contributed by atoms with Crippen molar-refractivity contribution in [2.75, 3.05) is 20.3 Å². The summed E-state index contributed by atoms with van der Waals surface area (Å²) in [6, 6.07) is 0. The molecule has 8 heavy (non-hydrogen) atoms. The summed E-state index contributed by atoms with van der Waals surface area (Å²) < 4.78 is 0. The van der Waals surface area contributed by atoms with E-state index in [9.17, 15) is 5.21 Å². The van der Waals surface area contributed by atoms with E-state index in [1.807, 2.05) is 6.92 Å². The fourth-order valence-corrected chi connectivity index (χ4v) is 0.421. The normalized spacial score (nSPS) is 18.0. The molecule has 0 rings (SSSR count). The van der Waals surface area contributed by atoms with Crippen LogP contribution in [0.3, 0.4) is 0 Å². The van der Waals surface area contributed by atoms with Crippen molar-refractivity contribution >= 4 is 0 Å². The average molecular weight is 119 g/mol. The highest BCUT2D eigenvalue weighted by Crippen LogP contribution is 1.34. The van der Waals surface area contributed by atoms with Gasteiger partial charge in [-0.2, -0.15) is 0 Å². The first-order valence-electron chi connectivity index (χ1n) is 2.72.